The Bertz CT molecular complexity index is 768. The number of sulfonamides is 1. The van der Waals surface area contributed by atoms with Crippen LogP contribution in [0.1, 0.15) is 18.4 Å². The van der Waals surface area contributed by atoms with Crippen molar-refractivity contribution in [1.29, 1.82) is 0 Å². The van der Waals surface area contributed by atoms with Gasteiger partial charge in [-0.2, -0.15) is 17.5 Å². The van der Waals surface area contributed by atoms with E-state index in [1.54, 1.807) is 4.90 Å². The normalized spacial score (nSPS) is 22.6. The first kappa shape index (κ1) is 19.1. The van der Waals surface area contributed by atoms with E-state index in [1.807, 2.05) is 0 Å². The van der Waals surface area contributed by atoms with Gasteiger partial charge in [-0.25, -0.2) is 8.42 Å². The van der Waals surface area contributed by atoms with Gasteiger partial charge in [0.1, 0.15) is 6.10 Å². The van der Waals surface area contributed by atoms with Crippen molar-refractivity contribution in [3.8, 4) is 0 Å². The van der Waals surface area contributed by atoms with Crippen molar-refractivity contribution in [2.45, 2.75) is 30.0 Å². The molecule has 0 aromatic heterocycles. The number of rotatable bonds is 3. The highest BCUT2D eigenvalue weighted by molar-refractivity contribution is 7.89. The molecule has 2 fully saturated rings. The second-order valence-corrected chi connectivity index (χ2v) is 8.19. The van der Waals surface area contributed by atoms with E-state index in [0.717, 1.165) is 28.9 Å². The number of ether oxygens (including phenoxy) is 1. The predicted molar refractivity (Wildman–Crippen MR) is 85.8 cm³/mol. The second kappa shape index (κ2) is 7.16. The molecule has 1 amide bonds. The lowest BCUT2D eigenvalue weighted by Crippen LogP contribution is -2.52. The Balaban J connectivity index is 1.69. The van der Waals surface area contributed by atoms with E-state index in [1.165, 1.54) is 0 Å². The Labute approximate surface area is 149 Å². The molecular weight excluding hydrogens is 373 g/mol. The van der Waals surface area contributed by atoms with Gasteiger partial charge in [0.25, 0.3) is 5.91 Å². The lowest BCUT2D eigenvalue weighted by Gasteiger charge is -2.35. The summed E-state index contributed by atoms with van der Waals surface area (Å²) in [5, 5.41) is 0. The van der Waals surface area contributed by atoms with Crippen molar-refractivity contribution in [2.75, 3.05) is 32.8 Å². The topological polar surface area (TPSA) is 66.9 Å². The zero-order chi connectivity index (χ0) is 18.9. The van der Waals surface area contributed by atoms with Crippen LogP contribution in [0.2, 0.25) is 0 Å². The Kier molecular flexibility index (Phi) is 5.27. The van der Waals surface area contributed by atoms with Crippen LogP contribution in [0.4, 0.5) is 13.2 Å². The Morgan fingerprint density at radius 1 is 1.15 bits per heavy atom. The summed E-state index contributed by atoms with van der Waals surface area (Å²) in [5.74, 6) is -0.154. The molecule has 10 heteroatoms. The molecular formula is C16H19F3N2O4S. The molecule has 0 saturated carbocycles. The average Bonchev–Trinajstić information content (AvgIpc) is 3.15. The first-order chi connectivity index (χ1) is 12.2. The minimum absolute atomic E-state index is 0.0387. The highest BCUT2D eigenvalue weighted by Gasteiger charge is 2.36. The zero-order valence-electron chi connectivity index (χ0n) is 13.9. The molecule has 2 saturated heterocycles. The number of halogens is 3. The maximum atomic E-state index is 12.8. The monoisotopic (exact) mass is 392 g/mol. The maximum absolute atomic E-state index is 12.8. The van der Waals surface area contributed by atoms with Gasteiger partial charge in [-0.15, -0.1) is 0 Å². The average molecular weight is 392 g/mol. The molecule has 26 heavy (non-hydrogen) atoms. The minimum atomic E-state index is -4.61. The van der Waals surface area contributed by atoms with E-state index in [2.05, 4.69) is 0 Å². The fourth-order valence-corrected chi connectivity index (χ4v) is 4.58. The summed E-state index contributed by atoms with van der Waals surface area (Å²) in [6.45, 7) is 1.00. The predicted octanol–water partition coefficient (Wildman–Crippen LogP) is 1.72. The molecule has 1 aromatic carbocycles. The van der Waals surface area contributed by atoms with Crippen LogP contribution in [0.5, 0.6) is 0 Å². The molecule has 0 N–H and O–H groups in total. The van der Waals surface area contributed by atoms with Gasteiger partial charge in [0, 0.05) is 32.8 Å². The van der Waals surface area contributed by atoms with Gasteiger partial charge in [0.15, 0.2) is 0 Å². The number of nitrogens with zero attached hydrogens (tertiary/aromatic N) is 2. The quantitative estimate of drug-likeness (QED) is 0.786. The van der Waals surface area contributed by atoms with Crippen molar-refractivity contribution in [3.05, 3.63) is 29.8 Å². The van der Waals surface area contributed by atoms with Crippen molar-refractivity contribution in [1.82, 2.24) is 9.21 Å². The largest absolute Gasteiger partial charge is 0.416 e. The van der Waals surface area contributed by atoms with Gasteiger partial charge in [0.05, 0.1) is 10.5 Å². The van der Waals surface area contributed by atoms with Crippen LogP contribution < -0.4 is 0 Å². The number of hydrogen-bond donors (Lipinski definition) is 0. The Morgan fingerprint density at radius 2 is 1.85 bits per heavy atom. The molecule has 1 atom stereocenters. The van der Waals surface area contributed by atoms with Crippen molar-refractivity contribution in [2.24, 2.45) is 0 Å². The van der Waals surface area contributed by atoms with Crippen LogP contribution in [-0.4, -0.2) is 62.4 Å². The van der Waals surface area contributed by atoms with Gasteiger partial charge in [-0.05, 0) is 31.0 Å². The molecule has 0 spiro atoms. The number of carbonyl (C=O) groups excluding carboxylic acids is 1. The van der Waals surface area contributed by atoms with Gasteiger partial charge in [-0.1, -0.05) is 6.07 Å². The standard InChI is InChI=1S/C16H19F3N2O4S/c17-16(18,19)12-3-1-4-13(11-12)26(23,24)21-8-6-20(7-9-21)15(22)14-5-2-10-25-14/h1,3-4,11,14H,2,5-10H2/t14-/m0/s1. The molecule has 0 unspecified atom stereocenters. The summed E-state index contributed by atoms with van der Waals surface area (Å²) >= 11 is 0. The third-order valence-electron chi connectivity index (χ3n) is 4.55. The molecule has 1 aromatic rings. The van der Waals surface area contributed by atoms with Crippen LogP contribution in [0.3, 0.4) is 0 Å². The smallest absolute Gasteiger partial charge is 0.368 e. The Morgan fingerprint density at radius 3 is 2.42 bits per heavy atom. The maximum Gasteiger partial charge on any atom is 0.416 e. The minimum Gasteiger partial charge on any atom is -0.368 e. The van der Waals surface area contributed by atoms with E-state index < -0.39 is 32.8 Å². The molecule has 144 valence electrons. The fourth-order valence-electron chi connectivity index (χ4n) is 3.11. The third-order valence-corrected chi connectivity index (χ3v) is 6.45. The van der Waals surface area contributed by atoms with Crippen LogP contribution >= 0.6 is 0 Å². The van der Waals surface area contributed by atoms with Crippen LogP contribution in [-0.2, 0) is 25.7 Å². The Hall–Kier alpha value is -1.65. The first-order valence-corrected chi connectivity index (χ1v) is 9.71. The molecule has 0 radical (unpaired) electrons. The SMILES string of the molecule is O=C([C@@H]1CCCO1)N1CCN(S(=O)(=O)c2cccc(C(F)(F)F)c2)CC1. The first-order valence-electron chi connectivity index (χ1n) is 8.27. The molecule has 2 heterocycles. The van der Waals surface area contributed by atoms with Crippen LogP contribution in [0.15, 0.2) is 29.2 Å². The number of piperazine rings is 1. The van der Waals surface area contributed by atoms with Gasteiger partial charge >= 0.3 is 6.18 Å². The van der Waals surface area contributed by atoms with Crippen LogP contribution in [0, 0.1) is 0 Å². The molecule has 2 aliphatic rings. The van der Waals surface area contributed by atoms with Gasteiger partial charge in [0.2, 0.25) is 10.0 Å². The number of benzene rings is 1. The van der Waals surface area contributed by atoms with E-state index in [-0.39, 0.29) is 32.1 Å². The highest BCUT2D eigenvalue weighted by Crippen LogP contribution is 2.31. The van der Waals surface area contributed by atoms with Crippen molar-refractivity contribution in [3.63, 3.8) is 0 Å². The summed E-state index contributed by atoms with van der Waals surface area (Å²) < 4.78 is 70.2. The van der Waals surface area contributed by atoms with Crippen molar-refractivity contribution >= 4 is 15.9 Å². The molecule has 6 nitrogen and oxygen atoms in total. The third kappa shape index (κ3) is 3.86. The highest BCUT2D eigenvalue weighted by atomic mass is 32.2. The lowest BCUT2D eigenvalue weighted by molar-refractivity contribution is -0.142. The summed E-state index contributed by atoms with van der Waals surface area (Å²) in [6.07, 6.45) is -3.61. The summed E-state index contributed by atoms with van der Waals surface area (Å²) in [7, 11) is -4.05. The summed E-state index contributed by atoms with van der Waals surface area (Å²) in [6, 6.07) is 3.69. The fraction of sp³-hybridized carbons (Fsp3) is 0.562. The number of amides is 1. The number of alkyl halides is 3. The second-order valence-electron chi connectivity index (χ2n) is 6.26. The van der Waals surface area contributed by atoms with Gasteiger partial charge in [-0.3, -0.25) is 4.79 Å². The summed E-state index contributed by atoms with van der Waals surface area (Å²) in [5.41, 5.74) is -1.01. The lowest BCUT2D eigenvalue weighted by atomic mass is 10.2. The number of hydrogen-bond acceptors (Lipinski definition) is 4. The van der Waals surface area contributed by atoms with E-state index in [9.17, 15) is 26.4 Å². The van der Waals surface area contributed by atoms with Crippen molar-refractivity contribution < 1.29 is 31.1 Å². The zero-order valence-corrected chi connectivity index (χ0v) is 14.7. The molecule has 2 aliphatic heterocycles. The van der Waals surface area contributed by atoms with Crippen LogP contribution in [0.25, 0.3) is 0 Å². The number of carbonyl (C=O) groups is 1. The molecule has 0 bridgehead atoms. The molecule has 0 aliphatic carbocycles. The van der Waals surface area contributed by atoms with Gasteiger partial charge < -0.3 is 9.64 Å². The van der Waals surface area contributed by atoms with E-state index in [0.29, 0.717) is 19.1 Å². The van der Waals surface area contributed by atoms with E-state index >= 15 is 0 Å². The van der Waals surface area contributed by atoms with E-state index in [4.69, 9.17) is 4.74 Å². The molecule has 3 rings (SSSR count). The summed E-state index contributed by atoms with van der Waals surface area (Å²) in [4.78, 5) is 13.4.